The highest BCUT2D eigenvalue weighted by Gasteiger charge is 2.25. The van der Waals surface area contributed by atoms with Gasteiger partial charge < -0.3 is 14.1 Å². The highest BCUT2D eigenvalue weighted by molar-refractivity contribution is 6.14. The lowest BCUT2D eigenvalue weighted by atomic mass is 10.0. The van der Waals surface area contributed by atoms with Crippen LogP contribution in [0.5, 0.6) is 0 Å². The van der Waals surface area contributed by atoms with Crippen LogP contribution in [0, 0.1) is 0 Å². The molecule has 5 heterocycles. The topological polar surface area (TPSA) is 85.8 Å². The van der Waals surface area contributed by atoms with E-state index in [0.29, 0.717) is 34.4 Å². The monoisotopic (exact) mass is 436 g/mol. The number of H-pyrrole nitrogens is 1. The van der Waals surface area contributed by atoms with Gasteiger partial charge in [-0.3, -0.25) is 14.3 Å². The normalized spacial score (nSPS) is 13.4. The highest BCUT2D eigenvalue weighted by atomic mass is 16.3. The molecule has 4 aromatic heterocycles. The number of nitrogens with one attached hydrogen (secondary N) is 1. The zero-order valence-corrected chi connectivity index (χ0v) is 18.2. The van der Waals surface area contributed by atoms with Crippen molar-refractivity contribution in [3.05, 3.63) is 74.8 Å². The van der Waals surface area contributed by atoms with E-state index in [-0.39, 0.29) is 17.0 Å². The summed E-state index contributed by atoms with van der Waals surface area (Å²) in [6.45, 7) is 4.82. The molecule has 0 bridgehead atoms. The molecule has 0 amide bonds. The number of para-hydroxylation sites is 1. The van der Waals surface area contributed by atoms with Crippen molar-refractivity contribution in [1.82, 2.24) is 19.3 Å². The van der Waals surface area contributed by atoms with Gasteiger partial charge in [0, 0.05) is 41.2 Å². The average molecular weight is 436 g/mol. The largest absolute Gasteiger partial charge is 0.454 e. The van der Waals surface area contributed by atoms with E-state index in [0.717, 1.165) is 33.7 Å². The Morgan fingerprint density at radius 2 is 1.97 bits per heavy atom. The van der Waals surface area contributed by atoms with E-state index >= 15 is 0 Å². The first-order valence-electron chi connectivity index (χ1n) is 11.1. The molecule has 0 radical (unpaired) electrons. The zero-order chi connectivity index (χ0) is 22.4. The number of furan rings is 1. The molecule has 0 fully saturated rings. The van der Waals surface area contributed by atoms with Gasteiger partial charge in [-0.05, 0) is 49.4 Å². The number of aromatic amines is 1. The molecular weight excluding hydrogens is 416 g/mol. The maximum atomic E-state index is 13.8. The minimum Gasteiger partial charge on any atom is -0.454 e. The minimum absolute atomic E-state index is 0.0384. The van der Waals surface area contributed by atoms with Gasteiger partial charge in [-0.15, -0.1) is 0 Å². The van der Waals surface area contributed by atoms with Gasteiger partial charge in [0.25, 0.3) is 5.56 Å². The van der Waals surface area contributed by atoms with Crippen LogP contribution in [0.4, 0.5) is 0 Å². The maximum Gasteiger partial charge on any atom is 0.259 e. The van der Waals surface area contributed by atoms with E-state index in [2.05, 4.69) is 25.0 Å². The summed E-state index contributed by atoms with van der Waals surface area (Å²) in [6, 6.07) is 13.0. The Balaban J connectivity index is 1.71. The molecule has 6 aromatic rings. The van der Waals surface area contributed by atoms with Crippen LogP contribution in [0.2, 0.25) is 0 Å². The number of hydrogen-bond donors (Lipinski definition) is 1. The number of nitrogens with zero attached hydrogens (tertiary/aromatic N) is 3. The predicted molar refractivity (Wildman–Crippen MR) is 129 cm³/mol. The Hall–Kier alpha value is -4.13. The van der Waals surface area contributed by atoms with Crippen LogP contribution in [0.1, 0.15) is 25.5 Å². The van der Waals surface area contributed by atoms with Gasteiger partial charge in [-0.1, -0.05) is 18.2 Å². The Morgan fingerprint density at radius 1 is 1.09 bits per heavy atom. The first-order chi connectivity index (χ1) is 16.0. The number of pyridine rings is 2. The lowest BCUT2D eigenvalue weighted by Gasteiger charge is -2.11. The van der Waals surface area contributed by atoms with Crippen LogP contribution in [0.25, 0.3) is 55.1 Å². The quantitative estimate of drug-likeness (QED) is 0.425. The van der Waals surface area contributed by atoms with Crippen molar-refractivity contribution >= 4 is 44.0 Å². The number of aromatic nitrogens is 4. The van der Waals surface area contributed by atoms with Gasteiger partial charge in [0.1, 0.15) is 11.1 Å². The fraction of sp³-hybridized carbons (Fsp3) is 0.192. The fourth-order valence-corrected chi connectivity index (χ4v) is 5.27. The van der Waals surface area contributed by atoms with Crippen LogP contribution < -0.4 is 11.0 Å². The molecule has 1 N–H and O–H groups in total. The molecule has 7 heteroatoms. The second-order valence-corrected chi connectivity index (χ2v) is 9.02. The summed E-state index contributed by atoms with van der Waals surface area (Å²) >= 11 is 0. The van der Waals surface area contributed by atoms with Gasteiger partial charge in [0.05, 0.1) is 11.1 Å². The SMILES string of the molecule is CC(C)n1[nH]cc2c(-c3cc4cccc5c4n(c3=O)CC5)c3oc4cc(=O)ccc4c3nc21. The molecule has 7 nitrogen and oxygen atoms in total. The van der Waals surface area contributed by atoms with E-state index in [9.17, 15) is 9.59 Å². The zero-order valence-electron chi connectivity index (χ0n) is 18.2. The van der Waals surface area contributed by atoms with E-state index in [1.807, 2.05) is 33.6 Å². The van der Waals surface area contributed by atoms with Gasteiger partial charge >= 0.3 is 0 Å². The molecule has 33 heavy (non-hydrogen) atoms. The summed E-state index contributed by atoms with van der Waals surface area (Å²) < 4.78 is 10.1. The average Bonchev–Trinajstić information content (AvgIpc) is 3.50. The molecule has 0 spiro atoms. The van der Waals surface area contributed by atoms with Crippen LogP contribution in [-0.4, -0.2) is 19.3 Å². The van der Waals surface area contributed by atoms with Crippen molar-refractivity contribution in [3.8, 4) is 11.1 Å². The second kappa shape index (κ2) is 6.22. The molecule has 0 atom stereocenters. The standard InChI is InChI=1S/C26H20N4O3/c1-13(2)30-25-19(12-27-30)21(24-22(28-25)17-7-6-16(31)11-20(17)33-24)18-10-15-5-3-4-14-8-9-29(23(14)15)26(18)32/h3-7,10-13,27H,8-9H2,1-2H3. The molecule has 0 aliphatic carbocycles. The van der Waals surface area contributed by atoms with Gasteiger partial charge in [-0.2, -0.15) is 0 Å². The lowest BCUT2D eigenvalue weighted by molar-refractivity contribution is 0.547. The van der Waals surface area contributed by atoms with Crippen molar-refractivity contribution in [3.63, 3.8) is 0 Å². The predicted octanol–water partition coefficient (Wildman–Crippen LogP) is 4.74. The molecule has 1 aliphatic rings. The van der Waals surface area contributed by atoms with Crippen molar-refractivity contribution in [2.24, 2.45) is 0 Å². The summed E-state index contributed by atoms with van der Waals surface area (Å²) in [6.07, 6.45) is 2.74. The van der Waals surface area contributed by atoms with Gasteiger partial charge in [0.15, 0.2) is 16.7 Å². The maximum absolute atomic E-state index is 13.8. The van der Waals surface area contributed by atoms with Gasteiger partial charge in [0.2, 0.25) is 0 Å². The Bertz CT molecular complexity index is 1900. The van der Waals surface area contributed by atoms with Crippen LogP contribution in [-0.2, 0) is 13.0 Å². The van der Waals surface area contributed by atoms with E-state index in [1.165, 1.54) is 17.7 Å². The van der Waals surface area contributed by atoms with Crippen LogP contribution in [0.3, 0.4) is 0 Å². The smallest absolute Gasteiger partial charge is 0.259 e. The molecule has 162 valence electrons. The van der Waals surface area contributed by atoms with E-state index in [1.54, 1.807) is 6.07 Å². The Morgan fingerprint density at radius 3 is 2.82 bits per heavy atom. The fourth-order valence-electron chi connectivity index (χ4n) is 5.27. The third-order valence-electron chi connectivity index (χ3n) is 6.75. The second-order valence-electron chi connectivity index (χ2n) is 9.02. The van der Waals surface area contributed by atoms with Crippen LogP contribution >= 0.6 is 0 Å². The van der Waals surface area contributed by atoms with Crippen molar-refractivity contribution in [2.45, 2.75) is 32.9 Å². The summed E-state index contributed by atoms with van der Waals surface area (Å²) in [4.78, 5) is 30.7. The lowest BCUT2D eigenvalue weighted by Crippen LogP contribution is -2.20. The van der Waals surface area contributed by atoms with Crippen molar-refractivity contribution in [1.29, 1.82) is 0 Å². The summed E-state index contributed by atoms with van der Waals surface area (Å²) in [7, 11) is 0. The minimum atomic E-state index is -0.126. The van der Waals surface area contributed by atoms with E-state index < -0.39 is 0 Å². The summed E-state index contributed by atoms with van der Waals surface area (Å²) in [5.74, 6) is 0. The number of rotatable bonds is 2. The number of aryl methyl sites for hydroxylation is 2. The summed E-state index contributed by atoms with van der Waals surface area (Å²) in [5.41, 5.74) is 5.74. The Kier molecular flexibility index (Phi) is 3.48. The molecule has 0 saturated carbocycles. The first kappa shape index (κ1) is 18.4. The molecule has 2 aromatic carbocycles. The van der Waals surface area contributed by atoms with Crippen LogP contribution in [0.15, 0.2) is 62.7 Å². The number of fused-ring (bicyclic) bond motifs is 4. The molecular formula is C26H20N4O3. The third kappa shape index (κ3) is 2.36. The van der Waals surface area contributed by atoms with E-state index in [4.69, 9.17) is 9.40 Å². The molecule has 1 aliphatic heterocycles. The van der Waals surface area contributed by atoms with Crippen molar-refractivity contribution < 1.29 is 4.42 Å². The number of hydrogen-bond acceptors (Lipinski definition) is 4. The Labute approximate surface area is 186 Å². The molecule has 0 unspecified atom stereocenters. The number of benzene rings is 2. The molecule has 7 rings (SSSR count). The molecule has 0 saturated heterocycles. The third-order valence-corrected chi connectivity index (χ3v) is 6.75. The first-order valence-corrected chi connectivity index (χ1v) is 11.1. The van der Waals surface area contributed by atoms with Crippen molar-refractivity contribution in [2.75, 3.05) is 0 Å². The highest BCUT2D eigenvalue weighted by Crippen LogP contribution is 2.39. The summed E-state index contributed by atoms with van der Waals surface area (Å²) in [5, 5.41) is 5.90. The van der Waals surface area contributed by atoms with Gasteiger partial charge in [-0.25, -0.2) is 4.98 Å².